The molecule has 0 spiro atoms. The summed E-state index contributed by atoms with van der Waals surface area (Å²) in [6.45, 7) is 1.01. The van der Waals surface area contributed by atoms with Crippen LogP contribution in [0.4, 0.5) is 18.9 Å². The van der Waals surface area contributed by atoms with Crippen LogP contribution in [-0.2, 0) is 4.74 Å². The number of hydrogen-bond donors (Lipinski definition) is 3. The Labute approximate surface area is 120 Å². The third-order valence-corrected chi connectivity index (χ3v) is 2.24. The first-order chi connectivity index (χ1) is 9.94. The van der Waals surface area contributed by atoms with Gasteiger partial charge in [-0.25, -0.2) is 5.84 Å². The Balaban J connectivity index is 2.65. The zero-order valence-electron chi connectivity index (χ0n) is 11.4. The van der Waals surface area contributed by atoms with Crippen molar-refractivity contribution >= 4 is 11.6 Å². The average molecular weight is 306 g/mol. The Morgan fingerprint density at radius 3 is 2.76 bits per heavy atom. The summed E-state index contributed by atoms with van der Waals surface area (Å²) in [7, 11) is 1.58. The van der Waals surface area contributed by atoms with E-state index in [-0.39, 0.29) is 11.7 Å². The molecule has 0 radical (unpaired) electrons. The standard InChI is InChI=1S/C12H17F3N4O2/c1-20-7-3-6-17-11(19-16)18-9-4-2-5-10(8-9)21-12(13,14)15/h2,4-5,8H,3,6-7,16H2,1H3,(H2,17,18,19). The molecule has 0 aliphatic carbocycles. The zero-order valence-corrected chi connectivity index (χ0v) is 11.4. The minimum atomic E-state index is -4.73. The van der Waals surface area contributed by atoms with Crippen molar-refractivity contribution < 1.29 is 22.6 Å². The SMILES string of the molecule is COCCCN=C(NN)Nc1cccc(OC(F)(F)F)c1. The summed E-state index contributed by atoms with van der Waals surface area (Å²) < 4.78 is 45.1. The van der Waals surface area contributed by atoms with Gasteiger partial charge in [0.1, 0.15) is 5.75 Å². The van der Waals surface area contributed by atoms with E-state index in [0.717, 1.165) is 0 Å². The molecular formula is C12H17F3N4O2. The molecule has 118 valence electrons. The Hall–Kier alpha value is -2.00. The Kier molecular flexibility index (Phi) is 6.76. The molecule has 0 unspecified atom stereocenters. The highest BCUT2D eigenvalue weighted by Crippen LogP contribution is 2.24. The highest BCUT2D eigenvalue weighted by Gasteiger charge is 2.31. The van der Waals surface area contributed by atoms with Crippen LogP contribution in [0.2, 0.25) is 0 Å². The van der Waals surface area contributed by atoms with E-state index in [4.69, 9.17) is 10.6 Å². The van der Waals surface area contributed by atoms with Crippen LogP contribution in [-0.4, -0.2) is 32.6 Å². The normalized spacial score (nSPS) is 12.1. The number of rotatable bonds is 6. The molecule has 4 N–H and O–H groups in total. The number of nitrogens with zero attached hydrogens (tertiary/aromatic N) is 1. The van der Waals surface area contributed by atoms with Gasteiger partial charge in [-0.3, -0.25) is 10.4 Å². The quantitative estimate of drug-likeness (QED) is 0.246. The Morgan fingerprint density at radius 1 is 1.38 bits per heavy atom. The molecule has 0 aromatic heterocycles. The predicted octanol–water partition coefficient (Wildman–Crippen LogP) is 1.85. The molecule has 0 fully saturated rings. The predicted molar refractivity (Wildman–Crippen MR) is 72.9 cm³/mol. The van der Waals surface area contributed by atoms with E-state index in [2.05, 4.69) is 20.5 Å². The van der Waals surface area contributed by atoms with Crippen molar-refractivity contribution in [2.24, 2.45) is 10.8 Å². The number of alkyl halides is 3. The highest BCUT2D eigenvalue weighted by molar-refractivity contribution is 5.93. The van der Waals surface area contributed by atoms with Crippen LogP contribution in [0.25, 0.3) is 0 Å². The largest absolute Gasteiger partial charge is 0.573 e. The number of benzene rings is 1. The molecular weight excluding hydrogens is 289 g/mol. The van der Waals surface area contributed by atoms with Crippen molar-refractivity contribution in [2.75, 3.05) is 25.6 Å². The third-order valence-electron chi connectivity index (χ3n) is 2.24. The van der Waals surface area contributed by atoms with E-state index >= 15 is 0 Å². The summed E-state index contributed by atoms with van der Waals surface area (Å²) in [6, 6.07) is 5.37. The van der Waals surface area contributed by atoms with Crippen molar-refractivity contribution in [3.8, 4) is 5.75 Å². The highest BCUT2D eigenvalue weighted by atomic mass is 19.4. The first-order valence-corrected chi connectivity index (χ1v) is 6.07. The first kappa shape index (κ1) is 17.1. The molecule has 0 amide bonds. The maximum absolute atomic E-state index is 12.1. The van der Waals surface area contributed by atoms with E-state index in [1.807, 2.05) is 0 Å². The van der Waals surface area contributed by atoms with Gasteiger partial charge in [-0.1, -0.05) is 6.07 Å². The fourth-order valence-corrected chi connectivity index (χ4v) is 1.43. The molecule has 0 aliphatic rings. The number of hydrazine groups is 1. The van der Waals surface area contributed by atoms with Crippen LogP contribution in [0.1, 0.15) is 6.42 Å². The maximum Gasteiger partial charge on any atom is 0.573 e. The van der Waals surface area contributed by atoms with Crippen molar-refractivity contribution in [3.63, 3.8) is 0 Å². The van der Waals surface area contributed by atoms with Gasteiger partial charge in [0.15, 0.2) is 0 Å². The summed E-state index contributed by atoms with van der Waals surface area (Å²) in [5.41, 5.74) is 2.69. The molecule has 1 aromatic rings. The summed E-state index contributed by atoms with van der Waals surface area (Å²) in [4.78, 5) is 4.11. The van der Waals surface area contributed by atoms with E-state index in [9.17, 15) is 13.2 Å². The molecule has 0 bridgehead atoms. The van der Waals surface area contributed by atoms with Crippen molar-refractivity contribution in [1.29, 1.82) is 0 Å². The van der Waals surface area contributed by atoms with Crippen LogP contribution in [0.15, 0.2) is 29.3 Å². The third kappa shape index (κ3) is 7.37. The molecule has 0 heterocycles. The van der Waals surface area contributed by atoms with Gasteiger partial charge in [0, 0.05) is 32.0 Å². The molecule has 21 heavy (non-hydrogen) atoms. The van der Waals surface area contributed by atoms with Gasteiger partial charge in [0.05, 0.1) is 0 Å². The fraction of sp³-hybridized carbons (Fsp3) is 0.417. The number of nitrogens with two attached hydrogens (primary N) is 1. The van der Waals surface area contributed by atoms with Gasteiger partial charge in [0.25, 0.3) is 0 Å². The average Bonchev–Trinajstić information content (AvgIpc) is 2.40. The van der Waals surface area contributed by atoms with Gasteiger partial charge >= 0.3 is 6.36 Å². The summed E-state index contributed by atoms with van der Waals surface area (Å²) >= 11 is 0. The first-order valence-electron chi connectivity index (χ1n) is 6.07. The van der Waals surface area contributed by atoms with Crippen LogP contribution in [0.3, 0.4) is 0 Å². The summed E-state index contributed by atoms with van der Waals surface area (Å²) in [5, 5.41) is 2.76. The van der Waals surface area contributed by atoms with Gasteiger partial charge in [-0.2, -0.15) is 0 Å². The second kappa shape index (κ2) is 8.32. The lowest BCUT2D eigenvalue weighted by atomic mass is 10.3. The number of aliphatic imine (C=N–C) groups is 1. The molecule has 0 aliphatic heterocycles. The number of ether oxygens (including phenoxy) is 2. The summed E-state index contributed by atoms with van der Waals surface area (Å²) in [6.07, 6.45) is -4.04. The number of methoxy groups -OCH3 is 1. The van der Waals surface area contributed by atoms with Crippen molar-refractivity contribution in [2.45, 2.75) is 12.8 Å². The number of hydrogen-bond acceptors (Lipinski definition) is 4. The number of nitrogens with one attached hydrogen (secondary N) is 2. The maximum atomic E-state index is 12.1. The smallest absolute Gasteiger partial charge is 0.406 e. The number of guanidine groups is 1. The Bertz CT molecular complexity index is 466. The topological polar surface area (TPSA) is 80.9 Å². The van der Waals surface area contributed by atoms with Crippen LogP contribution in [0, 0.1) is 0 Å². The van der Waals surface area contributed by atoms with E-state index in [0.29, 0.717) is 25.3 Å². The molecule has 0 saturated carbocycles. The molecule has 0 atom stereocenters. The summed E-state index contributed by atoms with van der Waals surface area (Å²) in [5.74, 6) is 5.19. The monoisotopic (exact) mass is 306 g/mol. The lowest BCUT2D eigenvalue weighted by Crippen LogP contribution is -2.36. The van der Waals surface area contributed by atoms with E-state index < -0.39 is 6.36 Å². The van der Waals surface area contributed by atoms with Gasteiger partial charge in [0.2, 0.25) is 5.96 Å². The molecule has 6 nitrogen and oxygen atoms in total. The van der Waals surface area contributed by atoms with Crippen LogP contribution in [0.5, 0.6) is 5.75 Å². The van der Waals surface area contributed by atoms with Crippen LogP contribution >= 0.6 is 0 Å². The second-order valence-electron chi connectivity index (χ2n) is 3.92. The van der Waals surface area contributed by atoms with E-state index in [1.165, 1.54) is 18.2 Å². The number of anilines is 1. The van der Waals surface area contributed by atoms with Gasteiger partial charge < -0.3 is 14.8 Å². The van der Waals surface area contributed by atoms with Crippen molar-refractivity contribution in [3.05, 3.63) is 24.3 Å². The molecule has 9 heteroatoms. The lowest BCUT2D eigenvalue weighted by Gasteiger charge is -2.12. The lowest BCUT2D eigenvalue weighted by molar-refractivity contribution is -0.274. The number of halogens is 3. The van der Waals surface area contributed by atoms with Gasteiger partial charge in [-0.15, -0.1) is 13.2 Å². The molecule has 1 aromatic carbocycles. The zero-order chi connectivity index (χ0) is 15.7. The van der Waals surface area contributed by atoms with Gasteiger partial charge in [-0.05, 0) is 18.6 Å². The minimum absolute atomic E-state index is 0.232. The van der Waals surface area contributed by atoms with Crippen molar-refractivity contribution in [1.82, 2.24) is 5.43 Å². The van der Waals surface area contributed by atoms with Crippen LogP contribution < -0.4 is 21.3 Å². The minimum Gasteiger partial charge on any atom is -0.406 e. The molecule has 1 rings (SSSR count). The Morgan fingerprint density at radius 2 is 2.14 bits per heavy atom. The molecule has 0 saturated heterocycles. The second-order valence-corrected chi connectivity index (χ2v) is 3.92. The van der Waals surface area contributed by atoms with E-state index in [1.54, 1.807) is 13.2 Å². The fourth-order valence-electron chi connectivity index (χ4n) is 1.43.